The van der Waals surface area contributed by atoms with E-state index >= 15 is 0 Å². The SMILES string of the molecule is Cc1nc(CN(C)c2ccc([C@H](C)O)nc2)cs1. The van der Waals surface area contributed by atoms with Gasteiger partial charge in [0.05, 0.1) is 40.9 Å². The number of nitrogens with zero attached hydrogens (tertiary/aromatic N) is 3. The fourth-order valence-corrected chi connectivity index (χ4v) is 2.29. The molecule has 0 saturated carbocycles. The molecule has 0 radical (unpaired) electrons. The number of hydrogen-bond donors (Lipinski definition) is 1. The van der Waals surface area contributed by atoms with E-state index in [9.17, 15) is 5.11 Å². The van der Waals surface area contributed by atoms with Gasteiger partial charge in [-0.25, -0.2) is 4.98 Å². The molecule has 0 bridgehead atoms. The smallest absolute Gasteiger partial charge is 0.0931 e. The monoisotopic (exact) mass is 263 g/mol. The summed E-state index contributed by atoms with van der Waals surface area (Å²) in [6, 6.07) is 3.82. The topological polar surface area (TPSA) is 49.2 Å². The molecule has 0 aliphatic heterocycles. The minimum Gasteiger partial charge on any atom is -0.387 e. The Bertz CT molecular complexity index is 507. The normalized spacial score (nSPS) is 12.4. The number of anilines is 1. The minimum atomic E-state index is -0.523. The summed E-state index contributed by atoms with van der Waals surface area (Å²) in [4.78, 5) is 10.8. The molecular weight excluding hydrogens is 246 g/mol. The van der Waals surface area contributed by atoms with E-state index in [1.165, 1.54) is 0 Å². The van der Waals surface area contributed by atoms with Crippen LogP contribution in [0.4, 0.5) is 5.69 Å². The average molecular weight is 263 g/mol. The standard InChI is InChI=1S/C13H17N3OS/c1-9(17)13-5-4-12(6-14-13)16(3)7-11-8-18-10(2)15-11/h4-6,8-9,17H,7H2,1-3H3/t9-/m0/s1. The van der Waals surface area contributed by atoms with Crippen molar-refractivity contribution in [2.24, 2.45) is 0 Å². The number of aryl methyl sites for hydroxylation is 1. The number of rotatable bonds is 4. The molecule has 0 aromatic carbocycles. The van der Waals surface area contributed by atoms with E-state index in [4.69, 9.17) is 0 Å². The Labute approximate surface area is 111 Å². The van der Waals surface area contributed by atoms with Gasteiger partial charge in [-0.15, -0.1) is 11.3 Å². The van der Waals surface area contributed by atoms with Crippen LogP contribution in [0.3, 0.4) is 0 Å². The molecule has 0 aliphatic rings. The van der Waals surface area contributed by atoms with E-state index in [1.54, 1.807) is 24.5 Å². The third-order valence-corrected chi connectivity index (χ3v) is 3.53. The van der Waals surface area contributed by atoms with Crippen LogP contribution in [0.5, 0.6) is 0 Å². The lowest BCUT2D eigenvalue weighted by Gasteiger charge is -2.18. The van der Waals surface area contributed by atoms with Gasteiger partial charge in [-0.2, -0.15) is 0 Å². The molecule has 96 valence electrons. The lowest BCUT2D eigenvalue weighted by molar-refractivity contribution is 0.194. The maximum Gasteiger partial charge on any atom is 0.0931 e. The van der Waals surface area contributed by atoms with E-state index in [0.717, 1.165) is 22.9 Å². The zero-order valence-electron chi connectivity index (χ0n) is 10.8. The van der Waals surface area contributed by atoms with E-state index in [2.05, 4.69) is 20.2 Å². The first-order chi connectivity index (χ1) is 8.56. The van der Waals surface area contributed by atoms with Gasteiger partial charge in [0.2, 0.25) is 0 Å². The van der Waals surface area contributed by atoms with Crippen LogP contribution in [0.1, 0.15) is 29.4 Å². The molecule has 0 saturated heterocycles. The van der Waals surface area contributed by atoms with Crippen LogP contribution < -0.4 is 4.90 Å². The summed E-state index contributed by atoms with van der Waals surface area (Å²) in [6.45, 7) is 4.48. The number of aliphatic hydroxyl groups excluding tert-OH is 1. The minimum absolute atomic E-state index is 0.523. The average Bonchev–Trinajstić information content (AvgIpc) is 2.75. The van der Waals surface area contributed by atoms with Crippen LogP contribution >= 0.6 is 11.3 Å². The molecule has 0 amide bonds. The van der Waals surface area contributed by atoms with Gasteiger partial charge in [0.1, 0.15) is 0 Å². The first-order valence-corrected chi connectivity index (χ1v) is 6.70. The van der Waals surface area contributed by atoms with E-state index < -0.39 is 6.10 Å². The molecular formula is C13H17N3OS. The molecule has 4 nitrogen and oxygen atoms in total. The molecule has 1 atom stereocenters. The van der Waals surface area contributed by atoms with Crippen molar-refractivity contribution in [1.29, 1.82) is 0 Å². The van der Waals surface area contributed by atoms with Crippen LogP contribution in [0.25, 0.3) is 0 Å². The molecule has 2 rings (SSSR count). The van der Waals surface area contributed by atoms with Gasteiger partial charge in [0, 0.05) is 12.4 Å². The summed E-state index contributed by atoms with van der Waals surface area (Å²) < 4.78 is 0. The largest absolute Gasteiger partial charge is 0.387 e. The summed E-state index contributed by atoms with van der Waals surface area (Å²) in [7, 11) is 2.01. The maximum atomic E-state index is 9.41. The summed E-state index contributed by atoms with van der Waals surface area (Å²) in [5.41, 5.74) is 2.78. The van der Waals surface area contributed by atoms with Gasteiger partial charge < -0.3 is 10.0 Å². The fourth-order valence-electron chi connectivity index (χ4n) is 1.69. The second-order valence-electron chi connectivity index (χ2n) is 4.33. The van der Waals surface area contributed by atoms with Crippen LogP contribution in [-0.2, 0) is 6.54 Å². The van der Waals surface area contributed by atoms with Crippen LogP contribution in [-0.4, -0.2) is 22.1 Å². The number of thiazole rings is 1. The maximum absolute atomic E-state index is 9.41. The zero-order valence-corrected chi connectivity index (χ0v) is 11.6. The molecule has 2 aromatic heterocycles. The highest BCUT2D eigenvalue weighted by atomic mass is 32.1. The number of pyridine rings is 1. The first-order valence-electron chi connectivity index (χ1n) is 5.82. The molecule has 1 N–H and O–H groups in total. The van der Waals surface area contributed by atoms with Crippen molar-refractivity contribution in [2.45, 2.75) is 26.5 Å². The second kappa shape index (κ2) is 5.46. The van der Waals surface area contributed by atoms with Gasteiger partial charge in [0.25, 0.3) is 0 Å². The lowest BCUT2D eigenvalue weighted by atomic mass is 10.2. The Morgan fingerprint density at radius 2 is 2.22 bits per heavy atom. The molecule has 0 unspecified atom stereocenters. The highest BCUT2D eigenvalue weighted by molar-refractivity contribution is 7.09. The van der Waals surface area contributed by atoms with Crippen LogP contribution in [0, 0.1) is 6.92 Å². The third-order valence-electron chi connectivity index (χ3n) is 2.71. The van der Waals surface area contributed by atoms with Crippen molar-refractivity contribution in [3.8, 4) is 0 Å². The van der Waals surface area contributed by atoms with Gasteiger partial charge in [-0.1, -0.05) is 0 Å². The fraction of sp³-hybridized carbons (Fsp3) is 0.385. The number of aliphatic hydroxyl groups is 1. The predicted octanol–water partition coefficient (Wildman–Crippen LogP) is 2.54. The number of hydrogen-bond acceptors (Lipinski definition) is 5. The number of aromatic nitrogens is 2. The predicted molar refractivity (Wildman–Crippen MR) is 73.8 cm³/mol. The summed E-state index contributed by atoms with van der Waals surface area (Å²) in [5.74, 6) is 0. The Kier molecular flexibility index (Phi) is 3.93. The highest BCUT2D eigenvalue weighted by Crippen LogP contribution is 2.18. The molecule has 0 spiro atoms. The Morgan fingerprint density at radius 1 is 1.44 bits per heavy atom. The van der Waals surface area contributed by atoms with Crippen molar-refractivity contribution < 1.29 is 5.11 Å². The van der Waals surface area contributed by atoms with Gasteiger partial charge in [-0.3, -0.25) is 4.98 Å². The van der Waals surface area contributed by atoms with Crippen molar-refractivity contribution in [3.63, 3.8) is 0 Å². The van der Waals surface area contributed by atoms with Gasteiger partial charge in [-0.05, 0) is 26.0 Å². The lowest BCUT2D eigenvalue weighted by Crippen LogP contribution is -2.17. The van der Waals surface area contributed by atoms with E-state index in [1.807, 2.05) is 26.1 Å². The highest BCUT2D eigenvalue weighted by Gasteiger charge is 2.07. The van der Waals surface area contributed by atoms with E-state index in [0.29, 0.717) is 5.69 Å². The molecule has 0 fully saturated rings. The summed E-state index contributed by atoms with van der Waals surface area (Å²) >= 11 is 1.66. The molecule has 5 heteroatoms. The van der Waals surface area contributed by atoms with Crippen molar-refractivity contribution in [2.75, 3.05) is 11.9 Å². The molecule has 2 aromatic rings. The van der Waals surface area contributed by atoms with Crippen molar-refractivity contribution >= 4 is 17.0 Å². The Balaban J connectivity index is 2.06. The van der Waals surface area contributed by atoms with Crippen LogP contribution in [0.15, 0.2) is 23.7 Å². The zero-order chi connectivity index (χ0) is 13.1. The quantitative estimate of drug-likeness (QED) is 0.921. The summed E-state index contributed by atoms with van der Waals surface area (Å²) in [6.07, 6.45) is 1.26. The van der Waals surface area contributed by atoms with Gasteiger partial charge in [0.15, 0.2) is 0 Å². The Morgan fingerprint density at radius 3 is 2.72 bits per heavy atom. The molecule has 0 aliphatic carbocycles. The Hall–Kier alpha value is -1.46. The van der Waals surface area contributed by atoms with Crippen LogP contribution in [0.2, 0.25) is 0 Å². The second-order valence-corrected chi connectivity index (χ2v) is 5.39. The van der Waals surface area contributed by atoms with Crippen molar-refractivity contribution in [1.82, 2.24) is 9.97 Å². The molecule has 2 heterocycles. The first kappa shape index (κ1) is 13.0. The van der Waals surface area contributed by atoms with Gasteiger partial charge >= 0.3 is 0 Å². The van der Waals surface area contributed by atoms with Crippen molar-refractivity contribution in [3.05, 3.63) is 40.1 Å². The van der Waals surface area contributed by atoms with E-state index in [-0.39, 0.29) is 0 Å². The third kappa shape index (κ3) is 3.05. The molecule has 18 heavy (non-hydrogen) atoms. The summed E-state index contributed by atoms with van der Waals surface area (Å²) in [5, 5.41) is 12.6.